The van der Waals surface area contributed by atoms with Crippen LogP contribution in [0.2, 0.25) is 0 Å². The zero-order valence-corrected chi connectivity index (χ0v) is 14.6. The van der Waals surface area contributed by atoms with Crippen molar-refractivity contribution in [3.05, 3.63) is 64.0 Å². The van der Waals surface area contributed by atoms with E-state index in [1.54, 1.807) is 25.1 Å². The van der Waals surface area contributed by atoms with E-state index in [2.05, 4.69) is 5.32 Å². The van der Waals surface area contributed by atoms with Gasteiger partial charge in [0.2, 0.25) is 11.8 Å². The van der Waals surface area contributed by atoms with Crippen LogP contribution in [-0.4, -0.2) is 23.3 Å². The Morgan fingerprint density at radius 3 is 2.63 bits per heavy atom. The lowest BCUT2D eigenvalue weighted by Crippen LogP contribution is -2.30. The lowest BCUT2D eigenvalue weighted by molar-refractivity contribution is -0.383. The molecular formula is C19H18FN3O4. The van der Waals surface area contributed by atoms with Crippen LogP contribution in [-0.2, 0) is 16.0 Å². The van der Waals surface area contributed by atoms with Gasteiger partial charge >= 0.3 is 0 Å². The smallest absolute Gasteiger partial charge is 0.294 e. The quantitative estimate of drug-likeness (QED) is 0.478. The van der Waals surface area contributed by atoms with E-state index in [0.29, 0.717) is 18.5 Å². The molecule has 27 heavy (non-hydrogen) atoms. The normalized spacial score (nSPS) is 16.7. The molecule has 140 valence electrons. The van der Waals surface area contributed by atoms with Gasteiger partial charge in [0.25, 0.3) is 5.69 Å². The number of hydrogen-bond acceptors (Lipinski definition) is 5. The minimum absolute atomic E-state index is 0.0925. The molecule has 0 aromatic heterocycles. The molecule has 1 heterocycles. The maximum absolute atomic E-state index is 13.6. The van der Waals surface area contributed by atoms with Crippen molar-refractivity contribution in [2.45, 2.75) is 19.8 Å². The van der Waals surface area contributed by atoms with E-state index in [9.17, 15) is 24.1 Å². The zero-order valence-electron chi connectivity index (χ0n) is 14.6. The maximum atomic E-state index is 13.6. The predicted octanol–water partition coefficient (Wildman–Crippen LogP) is 3.29. The molecule has 1 saturated heterocycles. The molecule has 2 aromatic rings. The van der Waals surface area contributed by atoms with Crippen LogP contribution in [0.3, 0.4) is 0 Å². The topological polar surface area (TPSA) is 92.6 Å². The summed E-state index contributed by atoms with van der Waals surface area (Å²) in [6.45, 7) is 1.94. The fourth-order valence-electron chi connectivity index (χ4n) is 3.05. The molecule has 1 aliphatic heterocycles. The highest BCUT2D eigenvalue weighted by molar-refractivity contribution is 6.21. The van der Waals surface area contributed by atoms with Crippen LogP contribution in [0.1, 0.15) is 18.9 Å². The SMILES string of the molecule is C[C@@H]1CC(=O)N(c2ccc(NCCc3ccccc3F)c([N+](=O)[O-])c2)C1=O. The molecule has 7 nitrogen and oxygen atoms in total. The summed E-state index contributed by atoms with van der Waals surface area (Å²) in [5.74, 6) is -1.50. The van der Waals surface area contributed by atoms with E-state index in [0.717, 1.165) is 4.90 Å². The summed E-state index contributed by atoms with van der Waals surface area (Å²) < 4.78 is 13.6. The Labute approximate surface area is 154 Å². The van der Waals surface area contributed by atoms with Crippen LogP contribution in [0.4, 0.5) is 21.5 Å². The van der Waals surface area contributed by atoms with Crippen molar-refractivity contribution >= 4 is 28.9 Å². The first-order chi connectivity index (χ1) is 12.9. The van der Waals surface area contributed by atoms with Crippen LogP contribution in [0.25, 0.3) is 0 Å². The number of benzene rings is 2. The van der Waals surface area contributed by atoms with Gasteiger partial charge in [0.05, 0.1) is 10.6 Å². The third-order valence-corrected chi connectivity index (χ3v) is 4.48. The van der Waals surface area contributed by atoms with Crippen LogP contribution >= 0.6 is 0 Å². The average molecular weight is 371 g/mol. The molecule has 0 bridgehead atoms. The summed E-state index contributed by atoms with van der Waals surface area (Å²) in [6.07, 6.45) is 0.446. The number of hydrogen-bond donors (Lipinski definition) is 1. The van der Waals surface area contributed by atoms with Crippen LogP contribution in [0.15, 0.2) is 42.5 Å². The lowest BCUT2D eigenvalue weighted by atomic mass is 10.1. The molecule has 0 radical (unpaired) electrons. The molecule has 1 atom stereocenters. The number of carbonyl (C=O) groups excluding carboxylic acids is 2. The van der Waals surface area contributed by atoms with Gasteiger partial charge in [-0.25, -0.2) is 4.39 Å². The molecular weight excluding hydrogens is 353 g/mol. The Hall–Kier alpha value is -3.29. The first kappa shape index (κ1) is 18.5. The van der Waals surface area contributed by atoms with Crippen LogP contribution in [0.5, 0.6) is 0 Å². The highest BCUT2D eigenvalue weighted by Gasteiger charge is 2.37. The molecule has 0 spiro atoms. The average Bonchev–Trinajstić information content (AvgIpc) is 2.89. The molecule has 8 heteroatoms. The second-order valence-corrected chi connectivity index (χ2v) is 6.40. The summed E-state index contributed by atoms with van der Waals surface area (Å²) in [5, 5.41) is 14.3. The van der Waals surface area contributed by atoms with Crippen molar-refractivity contribution in [1.82, 2.24) is 0 Å². The second kappa shape index (κ2) is 7.53. The number of rotatable bonds is 6. The molecule has 2 amide bonds. The molecule has 1 N–H and O–H groups in total. The Balaban J connectivity index is 1.78. The third kappa shape index (κ3) is 3.79. The van der Waals surface area contributed by atoms with E-state index in [1.165, 1.54) is 24.3 Å². The van der Waals surface area contributed by atoms with Gasteiger partial charge in [-0.15, -0.1) is 0 Å². The highest BCUT2D eigenvalue weighted by atomic mass is 19.1. The highest BCUT2D eigenvalue weighted by Crippen LogP contribution is 2.33. The Morgan fingerprint density at radius 1 is 1.26 bits per heavy atom. The third-order valence-electron chi connectivity index (χ3n) is 4.48. The van der Waals surface area contributed by atoms with E-state index in [4.69, 9.17) is 0 Å². The Bertz CT molecular complexity index is 916. The molecule has 1 fully saturated rings. The Kier molecular flexibility index (Phi) is 5.16. The minimum atomic E-state index is -0.580. The van der Waals surface area contributed by atoms with Crippen molar-refractivity contribution in [2.24, 2.45) is 5.92 Å². The largest absolute Gasteiger partial charge is 0.379 e. The van der Waals surface area contributed by atoms with E-state index in [1.807, 2.05) is 0 Å². The number of amides is 2. The van der Waals surface area contributed by atoms with Gasteiger partial charge in [0.15, 0.2) is 0 Å². The monoisotopic (exact) mass is 371 g/mol. The fraction of sp³-hybridized carbons (Fsp3) is 0.263. The van der Waals surface area contributed by atoms with Gasteiger partial charge in [-0.3, -0.25) is 24.6 Å². The maximum Gasteiger partial charge on any atom is 0.294 e. The van der Waals surface area contributed by atoms with Gasteiger partial charge in [0, 0.05) is 24.9 Å². The number of nitro groups is 1. The fourth-order valence-corrected chi connectivity index (χ4v) is 3.05. The number of anilines is 2. The number of imide groups is 1. The van der Waals surface area contributed by atoms with Crippen molar-refractivity contribution in [2.75, 3.05) is 16.8 Å². The number of nitro benzene ring substituents is 1. The minimum Gasteiger partial charge on any atom is -0.379 e. The van der Waals surface area contributed by atoms with Gasteiger partial charge in [-0.05, 0) is 30.2 Å². The molecule has 0 saturated carbocycles. The van der Waals surface area contributed by atoms with Crippen LogP contribution in [0, 0.1) is 21.8 Å². The Morgan fingerprint density at radius 2 is 2.00 bits per heavy atom. The van der Waals surface area contributed by atoms with Crippen molar-refractivity contribution in [1.29, 1.82) is 0 Å². The molecule has 1 aliphatic rings. The van der Waals surface area contributed by atoms with E-state index >= 15 is 0 Å². The summed E-state index contributed by atoms with van der Waals surface area (Å²) in [6, 6.07) is 10.5. The van der Waals surface area contributed by atoms with E-state index < -0.39 is 10.8 Å². The van der Waals surface area contributed by atoms with Crippen molar-refractivity contribution in [3.63, 3.8) is 0 Å². The van der Waals surface area contributed by atoms with E-state index in [-0.39, 0.29) is 41.1 Å². The van der Waals surface area contributed by atoms with Gasteiger partial charge in [0.1, 0.15) is 11.5 Å². The van der Waals surface area contributed by atoms with Gasteiger partial charge < -0.3 is 5.32 Å². The molecule has 0 unspecified atom stereocenters. The predicted molar refractivity (Wildman–Crippen MR) is 98.0 cm³/mol. The van der Waals surface area contributed by atoms with Gasteiger partial charge in [-0.1, -0.05) is 25.1 Å². The summed E-state index contributed by atoms with van der Waals surface area (Å²) in [7, 11) is 0. The molecule has 0 aliphatic carbocycles. The first-order valence-corrected chi connectivity index (χ1v) is 8.51. The van der Waals surface area contributed by atoms with Crippen molar-refractivity contribution in [3.8, 4) is 0 Å². The second-order valence-electron chi connectivity index (χ2n) is 6.40. The number of halogens is 1. The summed E-state index contributed by atoms with van der Waals surface area (Å²) in [5.41, 5.74) is 0.681. The number of carbonyl (C=O) groups is 2. The lowest BCUT2D eigenvalue weighted by Gasteiger charge is -2.15. The number of nitrogens with one attached hydrogen (secondary N) is 1. The van der Waals surface area contributed by atoms with Crippen LogP contribution < -0.4 is 10.2 Å². The summed E-state index contributed by atoms with van der Waals surface area (Å²) in [4.78, 5) is 36.0. The summed E-state index contributed by atoms with van der Waals surface area (Å²) >= 11 is 0. The standard InChI is InChI=1S/C19H18FN3O4/c1-12-10-18(24)22(19(12)25)14-6-7-16(17(11-14)23(26)27)21-9-8-13-4-2-3-5-15(13)20/h2-7,11-12,21H,8-10H2,1H3/t12-/m1/s1. The first-order valence-electron chi connectivity index (χ1n) is 8.51. The molecule has 3 rings (SSSR count). The number of nitrogens with zero attached hydrogens (tertiary/aromatic N) is 2. The van der Waals surface area contributed by atoms with Gasteiger partial charge in [-0.2, -0.15) is 0 Å². The molecule has 2 aromatic carbocycles. The van der Waals surface area contributed by atoms with Crippen molar-refractivity contribution < 1.29 is 18.9 Å². The zero-order chi connectivity index (χ0) is 19.6.